The quantitative estimate of drug-likeness (QED) is 0.256. The fraction of sp³-hybridized carbons (Fsp3) is 0.647. The van der Waals surface area contributed by atoms with Crippen LogP contribution in [-0.2, 0) is 34.7 Å². The molecule has 1 aromatic carbocycles. The Labute approximate surface area is 272 Å². The van der Waals surface area contributed by atoms with E-state index in [1.54, 1.807) is 23.4 Å². The van der Waals surface area contributed by atoms with E-state index in [2.05, 4.69) is 10.6 Å². The average Bonchev–Trinajstić information content (AvgIpc) is 3.42. The largest absolute Gasteiger partial charge is 0.417 e. The van der Waals surface area contributed by atoms with Gasteiger partial charge in [-0.25, -0.2) is 0 Å². The van der Waals surface area contributed by atoms with E-state index in [0.29, 0.717) is 44.8 Å². The molecule has 2 saturated heterocycles. The van der Waals surface area contributed by atoms with Gasteiger partial charge in [-0.15, -0.1) is 0 Å². The molecule has 2 unspecified atom stereocenters. The Morgan fingerprint density at radius 2 is 1.78 bits per heavy atom. The van der Waals surface area contributed by atoms with Crippen molar-refractivity contribution in [1.29, 1.82) is 0 Å². The summed E-state index contributed by atoms with van der Waals surface area (Å²) < 4.78 is 19.0. The van der Waals surface area contributed by atoms with Gasteiger partial charge in [0.25, 0.3) is 0 Å². The van der Waals surface area contributed by atoms with Crippen LogP contribution in [0.2, 0.25) is 0 Å². The minimum absolute atomic E-state index is 0.00403. The van der Waals surface area contributed by atoms with Crippen LogP contribution in [0.3, 0.4) is 0 Å². The Kier molecular flexibility index (Phi) is 12.5. The van der Waals surface area contributed by atoms with Crippen molar-refractivity contribution in [3.63, 3.8) is 0 Å². The molecule has 4 rings (SSSR count). The van der Waals surface area contributed by atoms with Gasteiger partial charge in [-0.05, 0) is 49.7 Å². The number of nitrogens with one attached hydrogen (secondary N) is 2. The third-order valence-electron chi connectivity index (χ3n) is 9.77. The number of Topliss-reactive ketones (excluding diaryl/α,β-unsaturated/α-hetero) is 1. The topological polar surface area (TPSA) is 136 Å². The lowest BCUT2D eigenvalue weighted by Gasteiger charge is -2.39. The lowest BCUT2D eigenvalue weighted by molar-refractivity contribution is -0.147. The van der Waals surface area contributed by atoms with Crippen LogP contribution < -0.4 is 15.5 Å². The monoisotopic (exact) mass is 658 g/mol. The van der Waals surface area contributed by atoms with Gasteiger partial charge in [-0.3, -0.25) is 23.7 Å². The summed E-state index contributed by atoms with van der Waals surface area (Å²) in [6, 6.07) is 5.26. The van der Waals surface area contributed by atoms with Gasteiger partial charge in [-0.1, -0.05) is 51.3 Å². The van der Waals surface area contributed by atoms with E-state index in [-0.39, 0.29) is 36.4 Å². The van der Waals surface area contributed by atoms with Gasteiger partial charge in [0, 0.05) is 56.8 Å². The minimum Gasteiger partial charge on any atom is -0.417 e. The number of rotatable bonds is 12. The third-order valence-corrected chi connectivity index (χ3v) is 11.7. The SMILES string of the molecule is CCC(C)[C@@H]1NC(=O)[C@H](Cc2cn(OC)c3ccccc23)NC(=O)[C@H](CCCCCP(C)(=O)OC)CC(=O)[C@H]2CCCCN2C1=O. The first-order valence-corrected chi connectivity index (χ1v) is 18.9. The predicted molar refractivity (Wildman–Crippen MR) is 178 cm³/mol. The molecule has 254 valence electrons. The number of nitrogens with zero attached hydrogens (tertiary/aromatic N) is 2. The number of unbranched alkanes of at least 4 members (excludes halogenated alkanes) is 2. The van der Waals surface area contributed by atoms with Gasteiger partial charge in [0.1, 0.15) is 19.2 Å². The molecule has 3 heterocycles. The van der Waals surface area contributed by atoms with Gasteiger partial charge >= 0.3 is 0 Å². The van der Waals surface area contributed by atoms with Crippen molar-refractivity contribution >= 4 is 41.8 Å². The highest BCUT2D eigenvalue weighted by molar-refractivity contribution is 7.58. The Hall–Kier alpha value is -3.17. The average molecular weight is 659 g/mol. The Bertz CT molecular complexity index is 1440. The van der Waals surface area contributed by atoms with Crippen molar-refractivity contribution < 1.29 is 33.1 Å². The maximum absolute atomic E-state index is 14.1. The summed E-state index contributed by atoms with van der Waals surface area (Å²) in [6.07, 6.45) is 7.74. The Morgan fingerprint density at radius 1 is 1.02 bits per heavy atom. The van der Waals surface area contributed by atoms with Crippen LogP contribution in [0.4, 0.5) is 0 Å². The molecule has 12 heteroatoms. The van der Waals surface area contributed by atoms with Gasteiger partial charge < -0.3 is 24.9 Å². The third kappa shape index (κ3) is 8.59. The van der Waals surface area contributed by atoms with Crippen molar-refractivity contribution in [3.8, 4) is 0 Å². The number of carbonyl (C=O) groups excluding carboxylic acids is 4. The number of amides is 3. The maximum atomic E-state index is 14.1. The van der Waals surface area contributed by atoms with E-state index in [4.69, 9.17) is 9.36 Å². The molecule has 0 spiro atoms. The minimum atomic E-state index is -2.63. The molecule has 0 bridgehead atoms. The number of benzene rings is 1. The Morgan fingerprint density at radius 3 is 2.50 bits per heavy atom. The molecule has 2 aliphatic heterocycles. The molecule has 0 saturated carbocycles. The number of carbonyl (C=O) groups is 4. The summed E-state index contributed by atoms with van der Waals surface area (Å²) in [5, 5.41) is 6.88. The van der Waals surface area contributed by atoms with Crippen molar-refractivity contribution in [2.45, 2.75) is 96.2 Å². The standard InChI is InChI=1S/C34H51N4O7P/c1-6-23(2)31-34(42)37-18-12-11-17-29(37)30(39)21-24(14-8-7-13-19-46(5,43)45-4)32(40)35-27(33(41)36-31)20-25-22-38(44-3)28-16-10-9-15-26(25)28/h9-10,15-16,22-24,27,29,31H,6-8,11-14,17-21H2,1-5H3,(H,35,40)(H,36,41)/t23?,24-,27+,29-,31+,46?/m1/s1. The van der Waals surface area contributed by atoms with Crippen LogP contribution in [-0.4, -0.2) is 84.9 Å². The fourth-order valence-electron chi connectivity index (χ4n) is 6.66. The first kappa shape index (κ1) is 35.7. The lowest BCUT2D eigenvalue weighted by atomic mass is 9.87. The van der Waals surface area contributed by atoms with Crippen molar-refractivity contribution in [2.75, 3.05) is 33.6 Å². The van der Waals surface area contributed by atoms with E-state index < -0.39 is 37.3 Å². The molecule has 2 N–H and O–H groups in total. The number of aromatic nitrogens is 1. The molecule has 0 radical (unpaired) electrons. The van der Waals surface area contributed by atoms with Crippen LogP contribution >= 0.6 is 7.37 Å². The van der Waals surface area contributed by atoms with Crippen LogP contribution in [0.1, 0.15) is 77.2 Å². The zero-order valence-electron chi connectivity index (χ0n) is 28.0. The molecule has 1 aromatic heterocycles. The van der Waals surface area contributed by atoms with Crippen LogP contribution in [0.15, 0.2) is 30.5 Å². The van der Waals surface area contributed by atoms with E-state index in [1.807, 2.05) is 44.3 Å². The smallest absolute Gasteiger partial charge is 0.246 e. The van der Waals surface area contributed by atoms with E-state index in [0.717, 1.165) is 35.7 Å². The second-order valence-corrected chi connectivity index (χ2v) is 15.8. The molecule has 0 aliphatic carbocycles. The number of ketones is 1. The van der Waals surface area contributed by atoms with Crippen molar-refractivity contribution in [2.24, 2.45) is 11.8 Å². The zero-order chi connectivity index (χ0) is 33.4. The first-order valence-electron chi connectivity index (χ1n) is 16.7. The molecule has 3 amide bonds. The summed E-state index contributed by atoms with van der Waals surface area (Å²) >= 11 is 0. The summed E-state index contributed by atoms with van der Waals surface area (Å²) in [5.41, 5.74) is 1.64. The molecular formula is C34H51N4O7P. The van der Waals surface area contributed by atoms with Gasteiger partial charge in [-0.2, -0.15) is 4.73 Å². The number of piperidine rings is 1. The molecule has 2 aliphatic rings. The lowest BCUT2D eigenvalue weighted by Crippen LogP contribution is -2.61. The van der Waals surface area contributed by atoms with Crippen molar-refractivity contribution in [3.05, 3.63) is 36.0 Å². The fourth-order valence-corrected chi connectivity index (χ4v) is 7.64. The Balaban J connectivity index is 1.66. The highest BCUT2D eigenvalue weighted by atomic mass is 31.2. The summed E-state index contributed by atoms with van der Waals surface area (Å²) in [5.74, 6) is -1.97. The number of hydrogen-bond donors (Lipinski definition) is 2. The van der Waals surface area contributed by atoms with Crippen LogP contribution in [0.25, 0.3) is 10.9 Å². The van der Waals surface area contributed by atoms with E-state index >= 15 is 0 Å². The molecular weight excluding hydrogens is 607 g/mol. The summed E-state index contributed by atoms with van der Waals surface area (Å²) in [6.45, 7) is 5.96. The van der Waals surface area contributed by atoms with Gasteiger partial charge in [0.15, 0.2) is 13.2 Å². The number of para-hydroxylation sites is 1. The second-order valence-electron chi connectivity index (χ2n) is 13.0. The molecule has 2 aromatic rings. The van der Waals surface area contributed by atoms with Crippen molar-refractivity contribution in [1.82, 2.24) is 20.3 Å². The van der Waals surface area contributed by atoms with E-state index in [1.165, 1.54) is 7.11 Å². The highest BCUT2D eigenvalue weighted by Crippen LogP contribution is 2.42. The zero-order valence-corrected chi connectivity index (χ0v) is 28.9. The second kappa shape index (κ2) is 16.1. The van der Waals surface area contributed by atoms with Gasteiger partial charge in [0.05, 0.1) is 11.6 Å². The summed E-state index contributed by atoms with van der Waals surface area (Å²) in [7, 11) is 0.383. The molecule has 11 nitrogen and oxygen atoms in total. The normalized spacial score (nSPS) is 25.1. The highest BCUT2D eigenvalue weighted by Gasteiger charge is 2.41. The van der Waals surface area contributed by atoms with Crippen LogP contribution in [0, 0.1) is 11.8 Å². The molecule has 6 atom stereocenters. The summed E-state index contributed by atoms with van der Waals surface area (Å²) in [4.78, 5) is 63.2. The number of hydrogen-bond acceptors (Lipinski definition) is 7. The van der Waals surface area contributed by atoms with E-state index in [9.17, 15) is 23.7 Å². The maximum Gasteiger partial charge on any atom is 0.246 e. The molecule has 46 heavy (non-hydrogen) atoms. The van der Waals surface area contributed by atoms with Crippen LogP contribution in [0.5, 0.6) is 0 Å². The number of fused-ring (bicyclic) bond motifs is 2. The van der Waals surface area contributed by atoms with Gasteiger partial charge in [0.2, 0.25) is 17.7 Å². The first-order chi connectivity index (χ1) is 22.0. The predicted octanol–water partition coefficient (Wildman–Crippen LogP) is 4.34. The molecule has 2 fully saturated rings.